The van der Waals surface area contributed by atoms with Crippen molar-refractivity contribution in [3.8, 4) is 5.75 Å². The van der Waals surface area contributed by atoms with Crippen molar-refractivity contribution in [2.45, 2.75) is 37.9 Å². The van der Waals surface area contributed by atoms with E-state index in [1.165, 1.54) is 27.2 Å². The third-order valence-electron chi connectivity index (χ3n) is 6.48. The molecule has 214 valence electrons. The van der Waals surface area contributed by atoms with E-state index in [0.29, 0.717) is 36.6 Å². The standard InChI is InChI=1S/C27H31F3N6O4/c1-15(37)33-23-18-7-5-4-6-16(18)12-21(23)34-24-19(27(28,29)30)14-32-26(36-24)35-20-9-8-17(13-22(20)40-3)25(38)31-10-11-39-2/h4-9,13-14,21,23,26,34-36H,10-12H2,1-3H3,(H,31,38)(H,33,37)/t21-,23-,26?/m1/s1. The Bertz CT molecular complexity index is 1310. The number of aliphatic imine (C=N–C) groups is 1. The van der Waals surface area contributed by atoms with E-state index < -0.39 is 30.1 Å². The number of hydrogen-bond acceptors (Lipinski definition) is 8. The van der Waals surface area contributed by atoms with Gasteiger partial charge in [0.15, 0.2) is 6.29 Å². The third kappa shape index (κ3) is 6.65. The lowest BCUT2D eigenvalue weighted by Crippen LogP contribution is -2.49. The number of halogens is 3. The lowest BCUT2D eigenvalue weighted by Gasteiger charge is -2.31. The molecular weight excluding hydrogens is 529 g/mol. The summed E-state index contributed by atoms with van der Waals surface area (Å²) in [4.78, 5) is 28.3. The molecule has 2 amide bonds. The lowest BCUT2D eigenvalue weighted by molar-refractivity contribution is -0.119. The number of allylic oxidation sites excluding steroid dienone is 1. The van der Waals surface area contributed by atoms with Crippen molar-refractivity contribution >= 4 is 23.7 Å². The van der Waals surface area contributed by atoms with Crippen LogP contribution < -0.4 is 31.3 Å². The highest BCUT2D eigenvalue weighted by molar-refractivity contribution is 5.95. The molecule has 10 nitrogen and oxygen atoms in total. The first kappa shape index (κ1) is 28.7. The fourth-order valence-corrected chi connectivity index (χ4v) is 4.65. The maximum absolute atomic E-state index is 14.0. The molecule has 0 aromatic heterocycles. The second kappa shape index (κ2) is 12.3. The van der Waals surface area contributed by atoms with Gasteiger partial charge in [-0.2, -0.15) is 13.2 Å². The Kier molecular flexibility index (Phi) is 8.83. The van der Waals surface area contributed by atoms with Crippen molar-refractivity contribution in [3.05, 3.63) is 70.5 Å². The number of anilines is 1. The number of nitrogens with one attached hydrogen (secondary N) is 5. The first-order valence-corrected chi connectivity index (χ1v) is 12.5. The Morgan fingerprint density at radius 1 is 1.12 bits per heavy atom. The molecule has 5 N–H and O–H groups in total. The van der Waals surface area contributed by atoms with Crippen LogP contribution >= 0.6 is 0 Å². The molecule has 40 heavy (non-hydrogen) atoms. The Morgan fingerprint density at radius 3 is 2.60 bits per heavy atom. The molecule has 1 aliphatic heterocycles. The first-order chi connectivity index (χ1) is 19.1. The number of amides is 2. The summed E-state index contributed by atoms with van der Waals surface area (Å²) in [7, 11) is 2.94. The first-order valence-electron chi connectivity index (χ1n) is 12.5. The van der Waals surface area contributed by atoms with Crippen LogP contribution in [0.4, 0.5) is 18.9 Å². The number of hydrogen-bond donors (Lipinski definition) is 5. The van der Waals surface area contributed by atoms with E-state index in [-0.39, 0.29) is 17.6 Å². The molecule has 0 bridgehead atoms. The molecule has 3 atom stereocenters. The summed E-state index contributed by atoms with van der Waals surface area (Å²) < 4.78 is 52.2. The number of carbonyl (C=O) groups excluding carboxylic acids is 2. The summed E-state index contributed by atoms with van der Waals surface area (Å²) in [5.74, 6) is -0.597. The van der Waals surface area contributed by atoms with Gasteiger partial charge < -0.3 is 36.1 Å². The SMILES string of the molecule is COCCNC(=O)c1ccc(NC2N=CC(C(F)(F)F)=C(N[C@@H]3Cc4ccccc4[C@H]3NC(C)=O)N2)c(OC)c1. The highest BCUT2D eigenvalue weighted by Gasteiger charge is 2.40. The van der Waals surface area contributed by atoms with Crippen LogP contribution in [0.3, 0.4) is 0 Å². The van der Waals surface area contributed by atoms with Crippen molar-refractivity contribution in [3.63, 3.8) is 0 Å². The van der Waals surface area contributed by atoms with Gasteiger partial charge in [0.1, 0.15) is 17.1 Å². The molecule has 0 spiro atoms. The van der Waals surface area contributed by atoms with Crippen molar-refractivity contribution in [1.82, 2.24) is 21.3 Å². The summed E-state index contributed by atoms with van der Waals surface area (Å²) in [5.41, 5.74) is 1.55. The molecule has 1 unspecified atom stereocenters. The smallest absolute Gasteiger partial charge is 0.421 e. The average Bonchev–Trinajstić information content (AvgIpc) is 3.24. The number of alkyl halides is 3. The van der Waals surface area contributed by atoms with Gasteiger partial charge >= 0.3 is 6.18 Å². The number of carbonyl (C=O) groups is 2. The van der Waals surface area contributed by atoms with E-state index >= 15 is 0 Å². The molecule has 0 saturated carbocycles. The number of ether oxygens (including phenoxy) is 2. The summed E-state index contributed by atoms with van der Waals surface area (Å²) in [6.07, 6.45) is -4.51. The second-order valence-electron chi connectivity index (χ2n) is 9.25. The summed E-state index contributed by atoms with van der Waals surface area (Å²) in [5, 5.41) is 14.3. The normalized spacial score (nSPS) is 19.9. The average molecular weight is 561 g/mol. The summed E-state index contributed by atoms with van der Waals surface area (Å²) in [6, 6.07) is 11.0. The van der Waals surface area contributed by atoms with Crippen LogP contribution in [-0.2, 0) is 16.0 Å². The number of fused-ring (bicyclic) bond motifs is 1. The van der Waals surface area contributed by atoms with E-state index in [9.17, 15) is 22.8 Å². The highest BCUT2D eigenvalue weighted by atomic mass is 19.4. The quantitative estimate of drug-likeness (QED) is 0.283. The predicted molar refractivity (Wildman–Crippen MR) is 143 cm³/mol. The number of methoxy groups -OCH3 is 2. The van der Waals surface area contributed by atoms with Gasteiger partial charge in [-0.1, -0.05) is 24.3 Å². The van der Waals surface area contributed by atoms with E-state index in [2.05, 4.69) is 31.6 Å². The van der Waals surface area contributed by atoms with Gasteiger partial charge in [0.25, 0.3) is 5.91 Å². The Balaban J connectivity index is 1.53. The third-order valence-corrected chi connectivity index (χ3v) is 6.48. The maximum atomic E-state index is 14.0. The molecule has 2 aromatic carbocycles. The monoisotopic (exact) mass is 560 g/mol. The Hall–Kier alpha value is -4.26. The molecule has 0 fully saturated rings. The van der Waals surface area contributed by atoms with E-state index in [0.717, 1.165) is 17.3 Å². The second-order valence-corrected chi connectivity index (χ2v) is 9.25. The molecule has 2 aromatic rings. The topological polar surface area (TPSA) is 125 Å². The zero-order chi connectivity index (χ0) is 28.9. The molecule has 0 saturated heterocycles. The Labute approximate surface area is 229 Å². The van der Waals surface area contributed by atoms with Crippen LogP contribution in [0.2, 0.25) is 0 Å². The maximum Gasteiger partial charge on any atom is 0.421 e. The fraction of sp³-hybridized carbons (Fsp3) is 0.370. The minimum atomic E-state index is -4.69. The minimum absolute atomic E-state index is 0.277. The van der Waals surface area contributed by atoms with Gasteiger partial charge in [-0.15, -0.1) is 0 Å². The summed E-state index contributed by atoms with van der Waals surface area (Å²) in [6.45, 7) is 2.05. The molecule has 1 aliphatic carbocycles. The van der Waals surface area contributed by atoms with Crippen molar-refractivity contribution in [2.24, 2.45) is 4.99 Å². The molecular formula is C27H31F3N6O4. The molecule has 4 rings (SSSR count). The minimum Gasteiger partial charge on any atom is -0.495 e. The summed E-state index contributed by atoms with van der Waals surface area (Å²) >= 11 is 0. The van der Waals surface area contributed by atoms with E-state index in [1.54, 1.807) is 12.1 Å². The fourth-order valence-electron chi connectivity index (χ4n) is 4.65. The van der Waals surface area contributed by atoms with E-state index in [1.807, 2.05) is 24.3 Å². The molecule has 1 heterocycles. The van der Waals surface area contributed by atoms with Crippen LogP contribution in [0.25, 0.3) is 0 Å². The van der Waals surface area contributed by atoms with Crippen molar-refractivity contribution < 1.29 is 32.2 Å². The van der Waals surface area contributed by atoms with Crippen molar-refractivity contribution in [1.29, 1.82) is 0 Å². The zero-order valence-corrected chi connectivity index (χ0v) is 22.2. The number of rotatable bonds is 10. The van der Waals surface area contributed by atoms with Gasteiger partial charge in [0.2, 0.25) is 5.91 Å². The molecule has 2 aliphatic rings. The van der Waals surface area contributed by atoms with Gasteiger partial charge in [-0.3, -0.25) is 9.59 Å². The zero-order valence-electron chi connectivity index (χ0n) is 22.2. The Morgan fingerprint density at radius 2 is 1.90 bits per heavy atom. The van der Waals surface area contributed by atoms with Crippen molar-refractivity contribution in [2.75, 3.05) is 32.7 Å². The van der Waals surface area contributed by atoms with Gasteiger partial charge in [-0.25, -0.2) is 4.99 Å². The number of benzene rings is 2. The van der Waals surface area contributed by atoms with Gasteiger partial charge in [-0.05, 0) is 35.7 Å². The van der Waals surface area contributed by atoms with Crippen LogP contribution in [0.15, 0.2) is 58.9 Å². The van der Waals surface area contributed by atoms with Crippen LogP contribution in [0.1, 0.15) is 34.5 Å². The molecule has 0 radical (unpaired) electrons. The highest BCUT2D eigenvalue weighted by Crippen LogP contribution is 2.34. The predicted octanol–water partition coefficient (Wildman–Crippen LogP) is 2.61. The van der Waals surface area contributed by atoms with E-state index in [4.69, 9.17) is 9.47 Å². The largest absolute Gasteiger partial charge is 0.495 e. The molecule has 13 heteroatoms. The van der Waals surface area contributed by atoms with Crippen LogP contribution in [0.5, 0.6) is 5.75 Å². The number of nitrogens with zero attached hydrogens (tertiary/aromatic N) is 1. The lowest BCUT2D eigenvalue weighted by atomic mass is 10.1. The van der Waals surface area contributed by atoms with Crippen LogP contribution in [0, 0.1) is 0 Å². The van der Waals surface area contributed by atoms with Crippen LogP contribution in [-0.4, -0.2) is 63.9 Å². The van der Waals surface area contributed by atoms with Gasteiger partial charge in [0.05, 0.1) is 31.5 Å². The van der Waals surface area contributed by atoms with Gasteiger partial charge in [0, 0.05) is 32.4 Å².